The number of hydrogen-bond acceptors (Lipinski definition) is 4. The van der Waals surface area contributed by atoms with E-state index in [-0.39, 0.29) is 6.04 Å². The molecule has 2 unspecified atom stereocenters. The molecule has 5 heteroatoms. The zero-order valence-corrected chi connectivity index (χ0v) is 10.5. The Morgan fingerprint density at radius 1 is 1.33 bits per heavy atom. The molecule has 2 N–H and O–H groups in total. The zero-order valence-electron chi connectivity index (χ0n) is 10.5. The predicted molar refractivity (Wildman–Crippen MR) is 68.2 cm³/mol. The molecule has 3 rings (SSSR count). The molecule has 5 nitrogen and oxygen atoms in total. The second-order valence-electron chi connectivity index (χ2n) is 4.77. The van der Waals surface area contributed by atoms with Crippen LogP contribution in [0.3, 0.4) is 0 Å². The highest BCUT2D eigenvalue weighted by Gasteiger charge is 2.29. The van der Waals surface area contributed by atoms with Crippen LogP contribution in [0.15, 0.2) is 24.5 Å². The van der Waals surface area contributed by atoms with Gasteiger partial charge >= 0.3 is 0 Å². The molecule has 2 atom stereocenters. The topological polar surface area (TPSA) is 69.6 Å². The van der Waals surface area contributed by atoms with E-state index in [0.717, 1.165) is 24.5 Å². The van der Waals surface area contributed by atoms with Gasteiger partial charge in [0.2, 0.25) is 0 Å². The zero-order chi connectivity index (χ0) is 12.5. The van der Waals surface area contributed by atoms with E-state index in [4.69, 9.17) is 5.73 Å². The second kappa shape index (κ2) is 4.49. The molecule has 0 saturated heterocycles. The van der Waals surface area contributed by atoms with Gasteiger partial charge in [0, 0.05) is 24.9 Å². The van der Waals surface area contributed by atoms with Crippen LogP contribution in [0, 0.1) is 6.92 Å². The summed E-state index contributed by atoms with van der Waals surface area (Å²) in [4.78, 5) is 8.60. The first kappa shape index (κ1) is 11.3. The molecule has 1 aliphatic heterocycles. The molecule has 0 radical (unpaired) electrons. The highest BCUT2D eigenvalue weighted by Crippen LogP contribution is 2.34. The lowest BCUT2D eigenvalue weighted by molar-refractivity contribution is 0.368. The number of nitrogens with zero attached hydrogens (tertiary/aromatic N) is 4. The quantitative estimate of drug-likeness (QED) is 0.865. The number of pyridine rings is 1. The van der Waals surface area contributed by atoms with Crippen molar-refractivity contribution >= 4 is 0 Å². The van der Waals surface area contributed by atoms with Gasteiger partial charge in [-0.05, 0) is 37.5 Å². The van der Waals surface area contributed by atoms with Crippen LogP contribution < -0.4 is 5.73 Å². The Bertz CT molecular complexity index is 534. The van der Waals surface area contributed by atoms with Gasteiger partial charge in [-0.1, -0.05) is 0 Å². The van der Waals surface area contributed by atoms with Crippen molar-refractivity contribution in [1.82, 2.24) is 19.7 Å². The molecule has 1 aliphatic rings. The van der Waals surface area contributed by atoms with Crippen LogP contribution in [0.25, 0.3) is 0 Å². The van der Waals surface area contributed by atoms with E-state index in [1.54, 1.807) is 0 Å². The maximum atomic E-state index is 5.82. The molecule has 0 spiro atoms. The Morgan fingerprint density at radius 2 is 2.11 bits per heavy atom. The third-order valence-corrected chi connectivity index (χ3v) is 3.59. The number of rotatable bonds is 2. The summed E-state index contributed by atoms with van der Waals surface area (Å²) >= 11 is 0. The van der Waals surface area contributed by atoms with Crippen LogP contribution in [-0.4, -0.2) is 26.3 Å². The van der Waals surface area contributed by atoms with Gasteiger partial charge in [-0.3, -0.25) is 4.98 Å². The highest BCUT2D eigenvalue weighted by atomic mass is 15.4. The van der Waals surface area contributed by atoms with Crippen molar-refractivity contribution < 1.29 is 0 Å². The maximum Gasteiger partial charge on any atom is 0.147 e. The van der Waals surface area contributed by atoms with Gasteiger partial charge < -0.3 is 5.73 Å². The van der Waals surface area contributed by atoms with E-state index < -0.39 is 0 Å². The lowest BCUT2D eigenvalue weighted by Crippen LogP contribution is -2.27. The van der Waals surface area contributed by atoms with Crippen LogP contribution in [0.5, 0.6) is 0 Å². The van der Waals surface area contributed by atoms with Gasteiger partial charge in [0.25, 0.3) is 0 Å². The van der Waals surface area contributed by atoms with Gasteiger partial charge in [0.15, 0.2) is 0 Å². The minimum Gasteiger partial charge on any atom is -0.330 e. The molecule has 0 saturated carbocycles. The van der Waals surface area contributed by atoms with Crippen molar-refractivity contribution in [2.45, 2.75) is 31.7 Å². The van der Waals surface area contributed by atoms with Crippen LogP contribution >= 0.6 is 0 Å². The lowest BCUT2D eigenvalue weighted by atomic mass is 9.91. The van der Waals surface area contributed by atoms with Crippen molar-refractivity contribution in [3.05, 3.63) is 41.7 Å². The van der Waals surface area contributed by atoms with Gasteiger partial charge in [0.1, 0.15) is 11.6 Å². The molecule has 18 heavy (non-hydrogen) atoms. The number of nitrogens with two attached hydrogens (primary N) is 1. The minimum absolute atomic E-state index is 0.270. The normalized spacial score (nSPS) is 22.8. The fourth-order valence-electron chi connectivity index (χ4n) is 2.68. The van der Waals surface area contributed by atoms with Crippen molar-refractivity contribution in [2.24, 2.45) is 5.73 Å². The predicted octanol–water partition coefficient (Wildman–Crippen LogP) is 1.41. The van der Waals surface area contributed by atoms with E-state index in [2.05, 4.69) is 15.1 Å². The lowest BCUT2D eigenvalue weighted by Gasteiger charge is -2.28. The highest BCUT2D eigenvalue weighted by molar-refractivity contribution is 5.19. The van der Waals surface area contributed by atoms with E-state index in [0.29, 0.717) is 12.5 Å². The van der Waals surface area contributed by atoms with E-state index in [9.17, 15) is 0 Å². The number of aromatic nitrogens is 4. The first-order chi connectivity index (χ1) is 8.79. The molecule has 0 fully saturated rings. The average molecular weight is 243 g/mol. The van der Waals surface area contributed by atoms with Crippen molar-refractivity contribution in [1.29, 1.82) is 0 Å². The minimum atomic E-state index is 0.270. The summed E-state index contributed by atoms with van der Waals surface area (Å²) in [6.45, 7) is 2.57. The standard InChI is InChI=1S/C13H17N5/c1-9-16-13-11(8-14)2-3-12(18(13)17-9)10-4-6-15-7-5-10/h4-7,11-12H,2-3,8,14H2,1H3. The van der Waals surface area contributed by atoms with Crippen LogP contribution in [0.1, 0.15) is 42.0 Å². The number of fused-ring (bicyclic) bond motifs is 1. The second-order valence-corrected chi connectivity index (χ2v) is 4.77. The molecule has 2 aromatic heterocycles. The molecule has 0 amide bonds. The summed E-state index contributed by atoms with van der Waals surface area (Å²) in [6.07, 6.45) is 5.78. The van der Waals surface area contributed by atoms with Crippen LogP contribution in [0.4, 0.5) is 0 Å². The van der Waals surface area contributed by atoms with Crippen LogP contribution in [-0.2, 0) is 0 Å². The largest absolute Gasteiger partial charge is 0.330 e. The summed E-state index contributed by atoms with van der Waals surface area (Å²) in [7, 11) is 0. The molecule has 3 heterocycles. The fraction of sp³-hybridized carbons (Fsp3) is 0.462. The summed E-state index contributed by atoms with van der Waals surface area (Å²) in [5, 5.41) is 4.54. The molecular weight excluding hydrogens is 226 g/mol. The number of hydrogen-bond donors (Lipinski definition) is 1. The molecule has 2 aromatic rings. The molecular formula is C13H17N5. The summed E-state index contributed by atoms with van der Waals surface area (Å²) in [5.74, 6) is 2.19. The van der Waals surface area contributed by atoms with Crippen molar-refractivity contribution in [3.63, 3.8) is 0 Å². The Morgan fingerprint density at radius 3 is 2.83 bits per heavy atom. The fourth-order valence-corrected chi connectivity index (χ4v) is 2.68. The summed E-state index contributed by atoms with van der Waals surface area (Å²) in [6, 6.07) is 4.37. The van der Waals surface area contributed by atoms with Gasteiger partial charge in [-0.15, -0.1) is 0 Å². The van der Waals surface area contributed by atoms with E-state index in [1.165, 1.54) is 5.56 Å². The maximum absolute atomic E-state index is 5.82. The Kier molecular flexibility index (Phi) is 2.83. The SMILES string of the molecule is Cc1nc2n(n1)C(c1ccncc1)CCC2CN. The molecule has 94 valence electrons. The van der Waals surface area contributed by atoms with Gasteiger partial charge in [0.05, 0.1) is 6.04 Å². The summed E-state index contributed by atoms with van der Waals surface area (Å²) in [5.41, 5.74) is 7.06. The molecule has 0 aromatic carbocycles. The van der Waals surface area contributed by atoms with E-state index in [1.807, 2.05) is 36.1 Å². The molecule has 0 aliphatic carbocycles. The Hall–Kier alpha value is -1.75. The van der Waals surface area contributed by atoms with E-state index >= 15 is 0 Å². The average Bonchev–Trinajstić information content (AvgIpc) is 2.80. The summed E-state index contributed by atoms with van der Waals surface area (Å²) < 4.78 is 2.05. The van der Waals surface area contributed by atoms with Gasteiger partial charge in [-0.2, -0.15) is 5.10 Å². The van der Waals surface area contributed by atoms with Crippen molar-refractivity contribution in [2.75, 3.05) is 6.54 Å². The first-order valence-electron chi connectivity index (χ1n) is 6.32. The monoisotopic (exact) mass is 243 g/mol. The first-order valence-corrected chi connectivity index (χ1v) is 6.32. The smallest absolute Gasteiger partial charge is 0.147 e. The number of aryl methyl sites for hydroxylation is 1. The third-order valence-electron chi connectivity index (χ3n) is 3.59. The Labute approximate surface area is 106 Å². The van der Waals surface area contributed by atoms with Gasteiger partial charge in [-0.25, -0.2) is 9.67 Å². The molecule has 0 bridgehead atoms. The van der Waals surface area contributed by atoms with Crippen LogP contribution in [0.2, 0.25) is 0 Å². The Balaban J connectivity index is 2.04. The van der Waals surface area contributed by atoms with Crippen molar-refractivity contribution in [3.8, 4) is 0 Å². The third kappa shape index (κ3) is 1.80.